The van der Waals surface area contributed by atoms with Crippen molar-refractivity contribution in [3.63, 3.8) is 0 Å². The molecule has 1 amide bonds. The second kappa shape index (κ2) is 9.87. The van der Waals surface area contributed by atoms with Crippen molar-refractivity contribution < 1.29 is 14.6 Å². The topological polar surface area (TPSA) is 85.6 Å². The Kier molecular flexibility index (Phi) is 7.22. The summed E-state index contributed by atoms with van der Waals surface area (Å²) in [6.07, 6.45) is 1.46. The fourth-order valence-electron chi connectivity index (χ4n) is 2.19. The van der Waals surface area contributed by atoms with Crippen molar-refractivity contribution >= 4 is 11.6 Å². The lowest BCUT2D eigenvalue weighted by Gasteiger charge is -2.17. The van der Waals surface area contributed by atoms with E-state index in [-0.39, 0.29) is 12.2 Å². The maximum absolute atomic E-state index is 12.3. The van der Waals surface area contributed by atoms with Gasteiger partial charge in [0.15, 0.2) is 0 Å². The van der Waals surface area contributed by atoms with E-state index in [1.54, 1.807) is 29.2 Å². The molecule has 0 heterocycles. The van der Waals surface area contributed by atoms with Gasteiger partial charge in [-0.25, -0.2) is 0 Å². The van der Waals surface area contributed by atoms with Crippen LogP contribution in [0.2, 0.25) is 0 Å². The molecule has 0 aliphatic carbocycles. The van der Waals surface area contributed by atoms with Gasteiger partial charge < -0.3 is 20.1 Å². The summed E-state index contributed by atoms with van der Waals surface area (Å²) in [6.45, 7) is 2.78. The van der Waals surface area contributed by atoms with E-state index >= 15 is 0 Å². The average Bonchev–Trinajstić information content (AvgIpc) is 2.67. The highest BCUT2D eigenvalue weighted by molar-refractivity contribution is 6.06. The van der Waals surface area contributed by atoms with Crippen molar-refractivity contribution in [2.45, 2.75) is 6.92 Å². The molecule has 26 heavy (non-hydrogen) atoms. The summed E-state index contributed by atoms with van der Waals surface area (Å²) >= 11 is 0. The summed E-state index contributed by atoms with van der Waals surface area (Å²) in [7, 11) is 0. The van der Waals surface area contributed by atoms with Crippen LogP contribution in [0.5, 0.6) is 11.5 Å². The molecule has 2 aromatic rings. The number of nitriles is 1. The van der Waals surface area contributed by atoms with Gasteiger partial charge in [0.2, 0.25) is 0 Å². The maximum atomic E-state index is 12.3. The Bertz CT molecular complexity index is 780. The molecule has 134 valence electrons. The second-order valence-electron chi connectivity index (χ2n) is 5.40. The highest BCUT2D eigenvalue weighted by Crippen LogP contribution is 2.22. The van der Waals surface area contributed by atoms with E-state index < -0.39 is 5.91 Å². The van der Waals surface area contributed by atoms with Crippen LogP contribution >= 0.6 is 0 Å². The lowest BCUT2D eigenvalue weighted by atomic mass is 10.2. The standard InChI is InChI=1S/C20H21N3O3/c1-2-23(12-13-24)15-16(14-21)20(25)22-17-8-10-19(11-9-17)26-18-6-4-3-5-7-18/h3-11,15,24H,2,12-13H2,1H3,(H,22,25)/b16-15-. The molecule has 0 atom stereocenters. The molecule has 0 bridgehead atoms. The number of hydrogen-bond donors (Lipinski definition) is 2. The van der Waals surface area contributed by atoms with Crippen LogP contribution in [0.25, 0.3) is 0 Å². The van der Waals surface area contributed by atoms with Crippen LogP contribution in [-0.4, -0.2) is 35.6 Å². The summed E-state index contributed by atoms with van der Waals surface area (Å²) in [4.78, 5) is 14.0. The van der Waals surface area contributed by atoms with E-state index in [2.05, 4.69) is 5.32 Å². The monoisotopic (exact) mass is 351 g/mol. The van der Waals surface area contributed by atoms with Gasteiger partial charge in [0.25, 0.3) is 5.91 Å². The molecular formula is C20H21N3O3. The van der Waals surface area contributed by atoms with Crippen LogP contribution in [0.4, 0.5) is 5.69 Å². The first kappa shape index (κ1) is 19.0. The third kappa shape index (κ3) is 5.65. The molecule has 6 heteroatoms. The summed E-state index contributed by atoms with van der Waals surface area (Å²) in [5, 5.41) is 20.9. The summed E-state index contributed by atoms with van der Waals surface area (Å²) < 4.78 is 5.69. The molecule has 0 fully saturated rings. The van der Waals surface area contributed by atoms with E-state index in [1.807, 2.05) is 43.3 Å². The highest BCUT2D eigenvalue weighted by Gasteiger charge is 2.11. The van der Waals surface area contributed by atoms with Crippen molar-refractivity contribution in [3.8, 4) is 17.6 Å². The first-order valence-electron chi connectivity index (χ1n) is 8.27. The number of hydrogen-bond acceptors (Lipinski definition) is 5. The minimum absolute atomic E-state index is 0.0232. The van der Waals surface area contributed by atoms with E-state index in [4.69, 9.17) is 9.84 Å². The predicted molar refractivity (Wildman–Crippen MR) is 99.6 cm³/mol. The Labute approximate surface area is 152 Å². The third-order valence-electron chi connectivity index (χ3n) is 3.56. The number of carbonyl (C=O) groups excluding carboxylic acids is 1. The lowest BCUT2D eigenvalue weighted by molar-refractivity contribution is -0.112. The van der Waals surface area contributed by atoms with Gasteiger partial charge in [-0.2, -0.15) is 5.26 Å². The van der Waals surface area contributed by atoms with Crippen molar-refractivity contribution in [2.24, 2.45) is 0 Å². The van der Waals surface area contributed by atoms with Crippen molar-refractivity contribution in [1.29, 1.82) is 5.26 Å². The summed E-state index contributed by atoms with van der Waals surface area (Å²) in [5.41, 5.74) is 0.534. The van der Waals surface area contributed by atoms with Crippen LogP contribution in [0.3, 0.4) is 0 Å². The minimum Gasteiger partial charge on any atom is -0.457 e. The number of likely N-dealkylation sites (N-methyl/N-ethyl adjacent to an activating group) is 1. The average molecular weight is 351 g/mol. The largest absolute Gasteiger partial charge is 0.457 e. The van der Waals surface area contributed by atoms with E-state index in [0.29, 0.717) is 24.5 Å². The first-order valence-corrected chi connectivity index (χ1v) is 8.27. The number of nitrogens with one attached hydrogen (secondary N) is 1. The number of rotatable bonds is 8. The van der Waals surface area contributed by atoms with Gasteiger partial charge in [-0.1, -0.05) is 18.2 Å². The quantitative estimate of drug-likeness (QED) is 0.564. The zero-order valence-corrected chi connectivity index (χ0v) is 14.6. The molecule has 0 saturated carbocycles. The van der Waals surface area contributed by atoms with E-state index in [9.17, 15) is 10.1 Å². The number of benzene rings is 2. The van der Waals surface area contributed by atoms with Crippen molar-refractivity contribution in [1.82, 2.24) is 4.90 Å². The summed E-state index contributed by atoms with van der Waals surface area (Å²) in [5.74, 6) is 0.869. The maximum Gasteiger partial charge on any atom is 0.267 e. The highest BCUT2D eigenvalue weighted by atomic mass is 16.5. The van der Waals surface area contributed by atoms with Gasteiger partial charge in [-0.3, -0.25) is 4.79 Å². The third-order valence-corrected chi connectivity index (χ3v) is 3.56. The molecule has 0 unspecified atom stereocenters. The molecule has 2 N–H and O–H groups in total. The Morgan fingerprint density at radius 1 is 1.19 bits per heavy atom. The summed E-state index contributed by atoms with van der Waals surface area (Å²) in [6, 6.07) is 18.2. The van der Waals surface area contributed by atoms with Crippen LogP contribution in [0.15, 0.2) is 66.4 Å². The van der Waals surface area contributed by atoms with Gasteiger partial charge in [0.1, 0.15) is 23.1 Å². The molecule has 2 rings (SSSR count). The van der Waals surface area contributed by atoms with Crippen LogP contribution < -0.4 is 10.1 Å². The smallest absolute Gasteiger partial charge is 0.267 e. The minimum atomic E-state index is -0.499. The SMILES string of the molecule is CCN(/C=C(/C#N)C(=O)Nc1ccc(Oc2ccccc2)cc1)CCO. The number of anilines is 1. The van der Waals surface area contributed by atoms with Gasteiger partial charge in [0.05, 0.1) is 6.61 Å². The lowest BCUT2D eigenvalue weighted by Crippen LogP contribution is -2.23. The van der Waals surface area contributed by atoms with Crippen LogP contribution in [-0.2, 0) is 4.79 Å². The molecule has 2 aromatic carbocycles. The number of aliphatic hydroxyl groups is 1. The number of carbonyl (C=O) groups is 1. The molecule has 0 saturated heterocycles. The zero-order chi connectivity index (χ0) is 18.8. The number of para-hydroxylation sites is 1. The molecule has 0 aliphatic rings. The van der Waals surface area contributed by atoms with Gasteiger partial charge in [-0.05, 0) is 43.3 Å². The van der Waals surface area contributed by atoms with Crippen LogP contribution in [0.1, 0.15) is 6.92 Å². The van der Waals surface area contributed by atoms with Gasteiger partial charge in [0, 0.05) is 25.0 Å². The fraction of sp³-hybridized carbons (Fsp3) is 0.200. The molecule has 6 nitrogen and oxygen atoms in total. The van der Waals surface area contributed by atoms with Crippen molar-refractivity contribution in [3.05, 3.63) is 66.4 Å². The van der Waals surface area contributed by atoms with Gasteiger partial charge in [-0.15, -0.1) is 0 Å². The molecule has 0 aromatic heterocycles. The number of ether oxygens (including phenoxy) is 1. The number of amides is 1. The molecule has 0 radical (unpaired) electrons. The first-order chi connectivity index (χ1) is 12.7. The van der Waals surface area contributed by atoms with E-state index in [0.717, 1.165) is 5.75 Å². The number of aliphatic hydroxyl groups excluding tert-OH is 1. The molecule has 0 aliphatic heterocycles. The normalized spacial score (nSPS) is 10.7. The molecule has 0 spiro atoms. The Balaban J connectivity index is 2.02. The van der Waals surface area contributed by atoms with Crippen molar-refractivity contribution in [2.75, 3.05) is 25.0 Å². The second-order valence-corrected chi connectivity index (χ2v) is 5.40. The predicted octanol–water partition coefficient (Wildman–Crippen LogP) is 3.14. The number of nitrogens with zero attached hydrogens (tertiary/aromatic N) is 2. The van der Waals surface area contributed by atoms with E-state index in [1.165, 1.54) is 6.20 Å². The van der Waals surface area contributed by atoms with Crippen LogP contribution in [0, 0.1) is 11.3 Å². The Morgan fingerprint density at radius 2 is 1.85 bits per heavy atom. The van der Waals surface area contributed by atoms with Gasteiger partial charge >= 0.3 is 0 Å². The Hall–Kier alpha value is -3.30. The fourth-order valence-corrected chi connectivity index (χ4v) is 2.19. The Morgan fingerprint density at radius 3 is 2.42 bits per heavy atom. The zero-order valence-electron chi connectivity index (χ0n) is 14.6. The molecular weight excluding hydrogens is 330 g/mol.